The fraction of sp³-hybridized carbons (Fsp3) is 0. The summed E-state index contributed by atoms with van der Waals surface area (Å²) >= 11 is 0. The fourth-order valence-electron chi connectivity index (χ4n) is 7.85. The summed E-state index contributed by atoms with van der Waals surface area (Å²) in [5, 5.41) is 0. The Kier molecular flexibility index (Phi) is 8.86. The third-order valence-corrected chi connectivity index (χ3v) is 10.7. The highest BCUT2D eigenvalue weighted by atomic mass is 15.1. The van der Waals surface area contributed by atoms with Crippen LogP contribution in [0.25, 0.3) is 95.0 Å². The molecule has 0 radical (unpaired) electrons. The molecular weight excluding hydrogens is 691 g/mol. The number of benzene rings is 8. The molecule has 0 saturated heterocycles. The fourth-order valence-corrected chi connectivity index (χ4v) is 7.85. The Hall–Kier alpha value is -7.62. The first-order valence-corrected chi connectivity index (χ1v) is 19.3. The molecule has 0 aliphatic rings. The van der Waals surface area contributed by atoms with Crippen molar-refractivity contribution in [3.63, 3.8) is 0 Å². The number of hydrogen-bond donors (Lipinski definition) is 0. The summed E-state index contributed by atoms with van der Waals surface area (Å²) in [5.74, 6) is 0.832. The quantitative estimate of drug-likeness (QED) is 0.156. The smallest absolute Gasteiger partial charge is 0.165 e. The molecule has 0 amide bonds. The van der Waals surface area contributed by atoms with Crippen LogP contribution in [0.15, 0.2) is 225 Å². The van der Waals surface area contributed by atoms with Crippen LogP contribution in [-0.2, 0) is 0 Å². The van der Waals surface area contributed by atoms with Crippen molar-refractivity contribution in [1.82, 2.24) is 14.5 Å². The Bertz CT molecular complexity index is 2850. The molecule has 0 fully saturated rings. The van der Waals surface area contributed by atoms with Gasteiger partial charge in [0.2, 0.25) is 0 Å². The molecule has 3 nitrogen and oxygen atoms in total. The predicted molar refractivity (Wildman–Crippen MR) is 237 cm³/mol. The summed E-state index contributed by atoms with van der Waals surface area (Å²) in [7, 11) is 0. The third-order valence-electron chi connectivity index (χ3n) is 10.7. The van der Waals surface area contributed by atoms with Gasteiger partial charge in [-0.25, -0.2) is 9.97 Å². The molecule has 0 N–H and O–H groups in total. The molecule has 0 saturated carbocycles. The van der Waals surface area contributed by atoms with E-state index in [9.17, 15) is 0 Å². The molecule has 57 heavy (non-hydrogen) atoms. The van der Waals surface area contributed by atoms with Gasteiger partial charge in [0, 0.05) is 23.0 Å². The van der Waals surface area contributed by atoms with Crippen molar-refractivity contribution < 1.29 is 0 Å². The number of para-hydroxylation sites is 1. The lowest BCUT2D eigenvalue weighted by atomic mass is 9.93. The van der Waals surface area contributed by atoms with Crippen molar-refractivity contribution in [2.24, 2.45) is 0 Å². The molecule has 0 bridgehead atoms. The van der Waals surface area contributed by atoms with Crippen molar-refractivity contribution in [3.05, 3.63) is 225 Å². The van der Waals surface area contributed by atoms with E-state index in [-0.39, 0.29) is 0 Å². The summed E-state index contributed by atoms with van der Waals surface area (Å²) in [6, 6.07) is 77.4. The van der Waals surface area contributed by atoms with E-state index in [1.165, 1.54) is 22.3 Å². The molecule has 10 aromatic rings. The second-order valence-corrected chi connectivity index (χ2v) is 14.2. The van der Waals surface area contributed by atoms with E-state index >= 15 is 0 Å². The maximum absolute atomic E-state index is 5.55. The standard InChI is InChI=1S/C54H37N3/c1-5-15-38(16-6-1)40-25-29-42(30-26-40)45-35-46(43-31-27-41(28-32-43)39-17-7-2-8-18-39)37-47(36-45)53-56-52-51(33-34-55-54(52)57(53)48-21-11-4-12-22-48)50-24-14-13-23-49(50)44-19-9-3-10-20-44/h1-37H. The average molecular weight is 728 g/mol. The van der Waals surface area contributed by atoms with Gasteiger partial charge in [0.15, 0.2) is 5.65 Å². The van der Waals surface area contributed by atoms with Crippen LogP contribution in [0.1, 0.15) is 0 Å². The molecule has 0 spiro atoms. The number of nitrogens with zero attached hydrogens (tertiary/aromatic N) is 3. The minimum atomic E-state index is 0.808. The van der Waals surface area contributed by atoms with Gasteiger partial charge in [-0.15, -0.1) is 0 Å². The zero-order chi connectivity index (χ0) is 38.0. The van der Waals surface area contributed by atoms with Crippen molar-refractivity contribution in [2.75, 3.05) is 0 Å². The van der Waals surface area contributed by atoms with Gasteiger partial charge in [0.05, 0.1) is 0 Å². The van der Waals surface area contributed by atoms with Gasteiger partial charge in [-0.3, -0.25) is 4.57 Å². The Balaban J connectivity index is 1.18. The minimum absolute atomic E-state index is 0.808. The zero-order valence-corrected chi connectivity index (χ0v) is 31.2. The molecule has 3 heteroatoms. The second kappa shape index (κ2) is 14.9. The Labute approximate surface area is 332 Å². The van der Waals surface area contributed by atoms with Crippen LogP contribution in [0.5, 0.6) is 0 Å². The minimum Gasteiger partial charge on any atom is -0.277 e. The first-order valence-electron chi connectivity index (χ1n) is 19.3. The van der Waals surface area contributed by atoms with E-state index in [1.54, 1.807) is 0 Å². The van der Waals surface area contributed by atoms with E-state index in [0.717, 1.165) is 72.7 Å². The monoisotopic (exact) mass is 727 g/mol. The maximum atomic E-state index is 5.55. The highest BCUT2D eigenvalue weighted by molar-refractivity contribution is 5.98. The van der Waals surface area contributed by atoms with Crippen molar-refractivity contribution >= 4 is 11.2 Å². The van der Waals surface area contributed by atoms with Crippen molar-refractivity contribution in [1.29, 1.82) is 0 Å². The number of rotatable bonds is 8. The molecule has 268 valence electrons. The van der Waals surface area contributed by atoms with E-state index < -0.39 is 0 Å². The Morgan fingerprint density at radius 3 is 1.23 bits per heavy atom. The van der Waals surface area contributed by atoms with E-state index in [2.05, 4.69) is 217 Å². The molecule has 2 aromatic heterocycles. The van der Waals surface area contributed by atoms with Crippen molar-refractivity contribution in [3.8, 4) is 83.8 Å². The van der Waals surface area contributed by atoms with Gasteiger partial charge in [0.1, 0.15) is 11.3 Å². The summed E-state index contributed by atoms with van der Waals surface area (Å²) in [6.07, 6.45) is 1.91. The van der Waals surface area contributed by atoms with Gasteiger partial charge in [0.25, 0.3) is 0 Å². The van der Waals surface area contributed by atoms with Crippen LogP contribution < -0.4 is 0 Å². The zero-order valence-electron chi connectivity index (χ0n) is 31.2. The van der Waals surface area contributed by atoms with Crippen LogP contribution in [0.2, 0.25) is 0 Å². The van der Waals surface area contributed by atoms with E-state index in [1.807, 2.05) is 12.3 Å². The van der Waals surface area contributed by atoms with Crippen molar-refractivity contribution in [2.45, 2.75) is 0 Å². The van der Waals surface area contributed by atoms with E-state index in [4.69, 9.17) is 9.97 Å². The first-order chi connectivity index (χ1) is 28.3. The van der Waals surface area contributed by atoms with Crippen LogP contribution in [0, 0.1) is 0 Å². The summed E-state index contributed by atoms with van der Waals surface area (Å²) in [4.78, 5) is 10.6. The highest BCUT2D eigenvalue weighted by Crippen LogP contribution is 2.40. The normalized spacial score (nSPS) is 11.2. The number of fused-ring (bicyclic) bond motifs is 1. The number of pyridine rings is 1. The molecule has 0 unspecified atom stereocenters. The largest absolute Gasteiger partial charge is 0.277 e. The number of imidazole rings is 1. The third kappa shape index (κ3) is 6.62. The summed E-state index contributed by atoms with van der Waals surface area (Å²) in [6.45, 7) is 0. The van der Waals surface area contributed by atoms with Gasteiger partial charge in [-0.2, -0.15) is 0 Å². The summed E-state index contributed by atoms with van der Waals surface area (Å²) in [5.41, 5.74) is 17.4. The van der Waals surface area contributed by atoms with Crippen LogP contribution in [0.4, 0.5) is 0 Å². The molecular formula is C54H37N3. The molecule has 8 aromatic carbocycles. The van der Waals surface area contributed by atoms with Crippen LogP contribution in [-0.4, -0.2) is 14.5 Å². The SMILES string of the molecule is c1ccc(-c2ccc(-c3cc(-c4ccc(-c5ccccc5)cc4)cc(-c4nc5c(-c6ccccc6-c6ccccc6)ccnc5n4-c4ccccc4)c3)cc2)cc1. The lowest BCUT2D eigenvalue weighted by Gasteiger charge is -2.14. The Morgan fingerprint density at radius 2 is 0.702 bits per heavy atom. The number of aromatic nitrogens is 3. The molecule has 0 aliphatic carbocycles. The van der Waals surface area contributed by atoms with Gasteiger partial charge in [-0.1, -0.05) is 182 Å². The number of hydrogen-bond acceptors (Lipinski definition) is 2. The lowest BCUT2D eigenvalue weighted by molar-refractivity contribution is 1.08. The van der Waals surface area contributed by atoms with Gasteiger partial charge < -0.3 is 0 Å². The molecule has 2 heterocycles. The highest BCUT2D eigenvalue weighted by Gasteiger charge is 2.21. The topological polar surface area (TPSA) is 30.7 Å². The van der Waals surface area contributed by atoms with Crippen LogP contribution >= 0.6 is 0 Å². The Morgan fingerprint density at radius 1 is 0.298 bits per heavy atom. The predicted octanol–water partition coefficient (Wildman–Crippen LogP) is 14.1. The lowest BCUT2D eigenvalue weighted by Crippen LogP contribution is -1.99. The molecule has 0 aliphatic heterocycles. The van der Waals surface area contributed by atoms with Gasteiger partial charge >= 0.3 is 0 Å². The first kappa shape index (κ1) is 33.9. The maximum Gasteiger partial charge on any atom is 0.165 e. The second-order valence-electron chi connectivity index (χ2n) is 14.2. The average Bonchev–Trinajstić information content (AvgIpc) is 3.70. The molecule has 0 atom stereocenters. The van der Waals surface area contributed by atoms with Crippen LogP contribution in [0.3, 0.4) is 0 Å². The van der Waals surface area contributed by atoms with E-state index in [0.29, 0.717) is 0 Å². The molecule has 10 rings (SSSR count). The summed E-state index contributed by atoms with van der Waals surface area (Å²) < 4.78 is 2.21. The van der Waals surface area contributed by atoms with Gasteiger partial charge in [-0.05, 0) is 97.6 Å².